The normalized spacial score (nSPS) is 13.6. The molecule has 1 fully saturated rings. The Morgan fingerprint density at radius 2 is 1.52 bits per heavy atom. The van der Waals surface area contributed by atoms with Gasteiger partial charge in [-0.15, -0.1) is 0 Å². The Hall–Kier alpha value is -2.62. The van der Waals surface area contributed by atoms with Gasteiger partial charge >= 0.3 is 0 Å². The Balaban J connectivity index is 1.93. The number of carbonyl (C=O) groups is 2. The summed E-state index contributed by atoms with van der Waals surface area (Å²) in [6, 6.07) is 8.64. The van der Waals surface area contributed by atoms with Crippen LogP contribution in [0.3, 0.4) is 0 Å². The number of aromatic nitrogens is 1. The summed E-state index contributed by atoms with van der Waals surface area (Å²) in [5.74, 6) is -4.60. The van der Waals surface area contributed by atoms with E-state index >= 15 is 0 Å². The molecule has 3 aromatic rings. The van der Waals surface area contributed by atoms with Gasteiger partial charge in [-0.05, 0) is 46.3 Å². The number of anilines is 2. The molecule has 5 nitrogen and oxygen atoms in total. The number of nitrogens with zero attached hydrogens (tertiary/aromatic N) is 3. The van der Waals surface area contributed by atoms with E-state index in [2.05, 4.69) is 20.9 Å². The molecule has 0 atom stereocenters. The molecule has 1 aliphatic heterocycles. The van der Waals surface area contributed by atoms with E-state index in [1.807, 2.05) is 0 Å². The van der Waals surface area contributed by atoms with Crippen molar-refractivity contribution < 1.29 is 22.8 Å². The molecule has 1 saturated heterocycles. The van der Waals surface area contributed by atoms with Gasteiger partial charge in [0.1, 0.15) is 17.8 Å². The Kier molecular flexibility index (Phi) is 6.65. The first-order valence-electron chi connectivity index (χ1n) is 9.50. The number of imide groups is 1. The van der Waals surface area contributed by atoms with Crippen molar-refractivity contribution in [2.45, 2.75) is 6.17 Å². The van der Waals surface area contributed by atoms with E-state index in [1.165, 1.54) is 41.4 Å². The van der Waals surface area contributed by atoms with Gasteiger partial charge in [0, 0.05) is 10.7 Å². The van der Waals surface area contributed by atoms with E-state index in [4.69, 9.17) is 23.2 Å². The Morgan fingerprint density at radius 1 is 1.00 bits per heavy atom. The molecule has 0 N–H and O–H groups in total. The van der Waals surface area contributed by atoms with Gasteiger partial charge in [-0.1, -0.05) is 35.3 Å². The Morgan fingerprint density at radius 3 is 1.97 bits per heavy atom. The van der Waals surface area contributed by atoms with Gasteiger partial charge in [0.15, 0.2) is 5.82 Å². The smallest absolute Gasteiger partial charge is 0.271 e. The lowest BCUT2D eigenvalue weighted by Crippen LogP contribution is -2.50. The van der Waals surface area contributed by atoms with Crippen molar-refractivity contribution in [3.05, 3.63) is 85.9 Å². The fourth-order valence-corrected chi connectivity index (χ4v) is 4.17. The van der Waals surface area contributed by atoms with Crippen LogP contribution < -0.4 is 9.80 Å². The first-order chi connectivity index (χ1) is 15.7. The minimum Gasteiger partial charge on any atom is -0.363 e. The predicted octanol–water partition coefficient (Wildman–Crippen LogP) is 6.07. The topological polar surface area (TPSA) is 53.5 Å². The minimum absolute atomic E-state index is 0.0116. The van der Waals surface area contributed by atoms with Crippen LogP contribution >= 0.6 is 39.1 Å². The number of amides is 2. The average molecular weight is 559 g/mol. The molecule has 0 spiro atoms. The summed E-state index contributed by atoms with van der Waals surface area (Å²) >= 11 is 15.4. The summed E-state index contributed by atoms with van der Waals surface area (Å²) < 4.78 is 43.3. The number of pyridine rings is 1. The van der Waals surface area contributed by atoms with Gasteiger partial charge in [0.25, 0.3) is 11.8 Å². The van der Waals surface area contributed by atoms with E-state index in [0.29, 0.717) is 9.37 Å². The molecule has 4 rings (SSSR count). The number of halogens is 6. The molecule has 0 saturated carbocycles. The summed E-state index contributed by atoms with van der Waals surface area (Å²) in [6.45, 7) is -0.0233. The Bertz CT molecular complexity index is 1170. The molecule has 0 radical (unpaired) electrons. The summed E-state index contributed by atoms with van der Waals surface area (Å²) in [7, 11) is 0. The van der Waals surface area contributed by atoms with E-state index < -0.39 is 40.7 Å². The van der Waals surface area contributed by atoms with Crippen LogP contribution in [0.15, 0.2) is 53.1 Å². The van der Waals surface area contributed by atoms with Crippen LogP contribution in [-0.2, 0) is 0 Å². The SMILES string of the molecule is O=C(c1c(F)cccc1Cl)N(C(=O)c1c(F)cccc1Cl)c1ncc(Br)cc1N1CC(F)C1. The maximum absolute atomic E-state index is 14.6. The largest absolute Gasteiger partial charge is 0.363 e. The predicted molar refractivity (Wildman–Crippen MR) is 123 cm³/mol. The molecule has 0 aliphatic carbocycles. The van der Waals surface area contributed by atoms with Crippen LogP contribution in [0.25, 0.3) is 0 Å². The number of alkyl halides is 1. The van der Waals surface area contributed by atoms with Gasteiger partial charge in [0.05, 0.1) is 39.9 Å². The number of carbonyl (C=O) groups excluding carboxylic acids is 2. The highest BCUT2D eigenvalue weighted by atomic mass is 79.9. The van der Waals surface area contributed by atoms with Crippen molar-refractivity contribution in [2.24, 2.45) is 0 Å². The Labute approximate surface area is 204 Å². The molecular formula is C22H13BrCl2F3N3O2. The summed E-state index contributed by atoms with van der Waals surface area (Å²) in [5.41, 5.74) is -1.01. The summed E-state index contributed by atoms with van der Waals surface area (Å²) in [4.78, 5) is 33.3. The van der Waals surface area contributed by atoms with Gasteiger partial charge in [0.2, 0.25) is 0 Å². The van der Waals surface area contributed by atoms with Gasteiger partial charge in [-0.25, -0.2) is 23.1 Å². The van der Waals surface area contributed by atoms with Crippen molar-refractivity contribution in [1.29, 1.82) is 0 Å². The second-order valence-corrected chi connectivity index (χ2v) is 8.87. The monoisotopic (exact) mass is 557 g/mol. The van der Waals surface area contributed by atoms with Crippen molar-refractivity contribution in [3.8, 4) is 0 Å². The molecule has 33 heavy (non-hydrogen) atoms. The van der Waals surface area contributed by atoms with Crippen LogP contribution in [0.5, 0.6) is 0 Å². The lowest BCUT2D eigenvalue weighted by atomic mass is 10.1. The number of hydrogen-bond acceptors (Lipinski definition) is 4. The standard InChI is InChI=1S/C22H13BrCl2F3N3O2/c23-11-7-17(30-9-12(26)10-30)20(29-8-11)31(21(32)18-13(24)3-1-5-15(18)27)22(33)19-14(25)4-2-6-16(19)28/h1-8,12H,9-10H2. The average Bonchev–Trinajstić information content (AvgIpc) is 2.72. The highest BCUT2D eigenvalue weighted by molar-refractivity contribution is 9.10. The summed E-state index contributed by atoms with van der Waals surface area (Å²) in [6.07, 6.45) is 0.184. The third-order valence-corrected chi connectivity index (χ3v) is 6.03. The van der Waals surface area contributed by atoms with Gasteiger partial charge < -0.3 is 4.90 Å². The zero-order valence-electron chi connectivity index (χ0n) is 16.5. The van der Waals surface area contributed by atoms with Crippen LogP contribution in [0.4, 0.5) is 24.7 Å². The molecular weight excluding hydrogens is 546 g/mol. The first-order valence-corrected chi connectivity index (χ1v) is 11.0. The molecule has 2 heterocycles. The molecule has 0 unspecified atom stereocenters. The van der Waals surface area contributed by atoms with Crippen molar-refractivity contribution in [2.75, 3.05) is 22.9 Å². The fourth-order valence-electron chi connectivity index (χ4n) is 3.36. The number of hydrogen-bond donors (Lipinski definition) is 0. The van der Waals surface area contributed by atoms with Gasteiger partial charge in [-0.3, -0.25) is 9.59 Å². The van der Waals surface area contributed by atoms with E-state index in [0.717, 1.165) is 12.1 Å². The third-order valence-electron chi connectivity index (χ3n) is 4.96. The molecule has 1 aliphatic rings. The lowest BCUT2D eigenvalue weighted by molar-refractivity contribution is 0.0892. The maximum Gasteiger partial charge on any atom is 0.271 e. The van der Waals surface area contributed by atoms with E-state index in [9.17, 15) is 22.8 Å². The quantitative estimate of drug-likeness (QED) is 0.364. The zero-order valence-corrected chi connectivity index (χ0v) is 19.6. The molecule has 170 valence electrons. The first kappa shape index (κ1) is 23.5. The highest BCUT2D eigenvalue weighted by Crippen LogP contribution is 2.37. The number of rotatable bonds is 4. The lowest BCUT2D eigenvalue weighted by Gasteiger charge is -2.38. The van der Waals surface area contributed by atoms with Crippen molar-refractivity contribution in [3.63, 3.8) is 0 Å². The maximum atomic E-state index is 14.6. The third kappa shape index (κ3) is 4.45. The van der Waals surface area contributed by atoms with Crippen LogP contribution in [-0.4, -0.2) is 36.1 Å². The molecule has 1 aromatic heterocycles. The van der Waals surface area contributed by atoms with Crippen LogP contribution in [0.2, 0.25) is 10.0 Å². The fraction of sp³-hybridized carbons (Fsp3) is 0.136. The van der Waals surface area contributed by atoms with E-state index in [-0.39, 0.29) is 34.6 Å². The van der Waals surface area contributed by atoms with Gasteiger partial charge in [-0.2, -0.15) is 0 Å². The molecule has 11 heteroatoms. The van der Waals surface area contributed by atoms with Crippen LogP contribution in [0, 0.1) is 11.6 Å². The molecule has 2 aromatic carbocycles. The van der Waals surface area contributed by atoms with E-state index in [1.54, 1.807) is 0 Å². The number of benzene rings is 2. The van der Waals surface area contributed by atoms with Crippen molar-refractivity contribution in [1.82, 2.24) is 4.98 Å². The van der Waals surface area contributed by atoms with Crippen molar-refractivity contribution >= 4 is 62.5 Å². The highest BCUT2D eigenvalue weighted by Gasteiger charge is 2.37. The molecule has 0 bridgehead atoms. The van der Waals surface area contributed by atoms with Crippen LogP contribution in [0.1, 0.15) is 20.7 Å². The second-order valence-electron chi connectivity index (χ2n) is 7.14. The summed E-state index contributed by atoms with van der Waals surface area (Å²) in [5, 5.41) is -0.521. The molecule has 2 amide bonds. The second kappa shape index (κ2) is 9.32. The minimum atomic E-state index is -1.18. The zero-order chi connectivity index (χ0) is 23.9.